The standard InChI is InChI=1S/C32H43N3O3S.HI/c1-6-8-17-32(18-9-7-2)23-39(37,38)29-14-13-27(34(3)4)22-28(29)30(31(32)36)24-11-10-12-26(21-24)33-25-15-19-35(5)20-16-25;/h10-16,19-22,30-31,36H,6-9,17-18,23H2,1-5H3;1H/t30-,31-;/m1./s1. The highest BCUT2D eigenvalue weighted by atomic mass is 127. The van der Waals surface area contributed by atoms with Gasteiger partial charge in [-0.1, -0.05) is 51.7 Å². The maximum atomic E-state index is 14.0. The number of aromatic nitrogens is 1. The first kappa shape index (κ1) is 32.3. The minimum absolute atomic E-state index is 0. The van der Waals surface area contributed by atoms with Crippen molar-refractivity contribution in [3.8, 4) is 0 Å². The topological polar surface area (TPSA) is 73.5 Å². The second kappa shape index (κ2) is 13.7. The lowest BCUT2D eigenvalue weighted by atomic mass is 9.68. The first-order chi connectivity index (χ1) is 18.6. The number of unbranched alkanes of at least 4 members (excludes halogenated alkanes) is 2. The molecule has 2 heterocycles. The number of halogens is 1. The molecule has 0 saturated heterocycles. The number of benzene rings is 2. The Labute approximate surface area is 257 Å². The largest absolute Gasteiger partial charge is 1.00 e. The van der Waals surface area contributed by atoms with Crippen LogP contribution < -0.4 is 38.8 Å². The molecule has 2 aromatic carbocycles. The van der Waals surface area contributed by atoms with Crippen LogP contribution in [0.15, 0.2) is 71.9 Å². The van der Waals surface area contributed by atoms with Crippen molar-refractivity contribution in [3.63, 3.8) is 0 Å². The molecule has 1 aromatic heterocycles. The van der Waals surface area contributed by atoms with E-state index in [-0.39, 0.29) is 29.7 Å². The number of aliphatic hydroxyl groups is 1. The molecular formula is C32H44IN3O3S. The summed E-state index contributed by atoms with van der Waals surface area (Å²) in [4.78, 5) is 2.33. The van der Waals surface area contributed by atoms with Crippen molar-refractivity contribution in [3.05, 3.63) is 78.1 Å². The Bertz CT molecular complexity index is 1370. The summed E-state index contributed by atoms with van der Waals surface area (Å²) in [5.74, 6) is -0.494. The first-order valence-corrected chi connectivity index (χ1v) is 15.8. The number of aliphatic hydroxyl groups excluding tert-OH is 1. The van der Waals surface area contributed by atoms with Crippen LogP contribution in [0, 0.1) is 5.41 Å². The number of aryl methyl sites for hydroxylation is 1. The summed E-state index contributed by atoms with van der Waals surface area (Å²) in [6.45, 7) is 4.25. The smallest absolute Gasteiger partial charge is 0.179 e. The number of sulfone groups is 1. The van der Waals surface area contributed by atoms with E-state index < -0.39 is 27.3 Å². The third-order valence-electron chi connectivity index (χ3n) is 8.17. The number of hydrogen-bond acceptors (Lipinski definition) is 5. The van der Waals surface area contributed by atoms with E-state index in [2.05, 4.69) is 25.2 Å². The van der Waals surface area contributed by atoms with E-state index in [0.717, 1.165) is 48.3 Å². The number of rotatable bonds is 10. The third kappa shape index (κ3) is 6.99. The second-order valence-corrected chi connectivity index (χ2v) is 13.3. The fourth-order valence-electron chi connectivity index (χ4n) is 5.95. The van der Waals surface area contributed by atoms with Gasteiger partial charge in [-0.05, 0) is 54.3 Å². The zero-order valence-electron chi connectivity index (χ0n) is 24.4. The molecular weight excluding hydrogens is 633 g/mol. The molecule has 40 heavy (non-hydrogen) atoms. The summed E-state index contributed by atoms with van der Waals surface area (Å²) in [6, 6.07) is 17.7. The molecule has 6 nitrogen and oxygen atoms in total. The van der Waals surface area contributed by atoms with Crippen molar-refractivity contribution in [1.82, 2.24) is 0 Å². The molecule has 0 unspecified atom stereocenters. The highest BCUT2D eigenvalue weighted by molar-refractivity contribution is 7.91. The summed E-state index contributed by atoms with van der Waals surface area (Å²) in [5.41, 5.74) is 3.67. The normalized spacial score (nSPS) is 19.1. The number of fused-ring (bicyclic) bond motifs is 1. The maximum Gasteiger partial charge on any atom is 0.179 e. The Balaban J connectivity index is 0.00000441. The van der Waals surface area contributed by atoms with E-state index in [1.165, 1.54) is 0 Å². The first-order valence-electron chi connectivity index (χ1n) is 14.1. The van der Waals surface area contributed by atoms with Crippen LogP contribution in [0.5, 0.6) is 0 Å². The highest BCUT2D eigenvalue weighted by Gasteiger charge is 2.49. The average molecular weight is 678 g/mol. The van der Waals surface area contributed by atoms with Gasteiger partial charge in [0.2, 0.25) is 0 Å². The van der Waals surface area contributed by atoms with E-state index in [1.807, 2.05) is 85.5 Å². The highest BCUT2D eigenvalue weighted by Crippen LogP contribution is 2.50. The summed E-state index contributed by atoms with van der Waals surface area (Å²) < 4.78 is 30.1. The van der Waals surface area contributed by atoms with Crippen molar-refractivity contribution in [2.24, 2.45) is 12.5 Å². The molecule has 2 atom stereocenters. The molecule has 1 aliphatic heterocycles. The summed E-state index contributed by atoms with van der Waals surface area (Å²) in [7, 11) is 2.27. The molecule has 1 aliphatic rings. The monoisotopic (exact) mass is 677 g/mol. The molecule has 0 bridgehead atoms. The van der Waals surface area contributed by atoms with Gasteiger partial charge >= 0.3 is 0 Å². The minimum atomic E-state index is -3.62. The Kier molecular flexibility index (Phi) is 11.0. The van der Waals surface area contributed by atoms with Crippen LogP contribution in [0.4, 0.5) is 17.1 Å². The molecule has 0 saturated carbocycles. The van der Waals surface area contributed by atoms with Gasteiger partial charge in [0.1, 0.15) is 7.05 Å². The van der Waals surface area contributed by atoms with E-state index >= 15 is 0 Å². The Morgan fingerprint density at radius 1 is 0.975 bits per heavy atom. The molecule has 0 radical (unpaired) electrons. The molecule has 0 amide bonds. The Morgan fingerprint density at radius 3 is 2.23 bits per heavy atom. The fourth-order valence-corrected chi connectivity index (χ4v) is 8.14. The lowest BCUT2D eigenvalue weighted by Gasteiger charge is -2.40. The molecule has 2 N–H and O–H groups in total. The molecule has 218 valence electrons. The van der Waals surface area contributed by atoms with Crippen LogP contribution in [0.2, 0.25) is 0 Å². The van der Waals surface area contributed by atoms with Gasteiger partial charge in [0.05, 0.1) is 22.4 Å². The molecule has 4 rings (SSSR count). The predicted octanol–water partition coefficient (Wildman–Crippen LogP) is 2.97. The Morgan fingerprint density at radius 2 is 1.62 bits per heavy atom. The molecule has 3 aromatic rings. The quantitative estimate of drug-likeness (QED) is 0.255. The summed E-state index contributed by atoms with van der Waals surface area (Å²) >= 11 is 0. The lowest BCUT2D eigenvalue weighted by Crippen LogP contribution is -3.00. The van der Waals surface area contributed by atoms with Crippen molar-refractivity contribution in [1.29, 1.82) is 0 Å². The van der Waals surface area contributed by atoms with Gasteiger partial charge in [-0.15, -0.1) is 0 Å². The van der Waals surface area contributed by atoms with Gasteiger partial charge in [-0.3, -0.25) is 0 Å². The van der Waals surface area contributed by atoms with Crippen LogP contribution in [0.3, 0.4) is 0 Å². The fraction of sp³-hybridized carbons (Fsp3) is 0.469. The van der Waals surface area contributed by atoms with Crippen molar-refractivity contribution >= 4 is 26.9 Å². The SMILES string of the molecule is CCCCC1(CCCC)CS(=O)(=O)c2ccc(N(C)C)cc2[C@@H](c2cccc(Nc3cc[n+](C)cc3)c2)[C@H]1O.[I-]. The molecule has 0 spiro atoms. The maximum absolute atomic E-state index is 14.0. The number of anilines is 3. The van der Waals surface area contributed by atoms with E-state index in [4.69, 9.17) is 0 Å². The van der Waals surface area contributed by atoms with Crippen molar-refractivity contribution in [2.45, 2.75) is 69.3 Å². The van der Waals surface area contributed by atoms with Crippen molar-refractivity contribution < 1.29 is 42.1 Å². The lowest BCUT2D eigenvalue weighted by molar-refractivity contribution is -0.671. The van der Waals surface area contributed by atoms with Crippen LogP contribution in [0.25, 0.3) is 0 Å². The minimum Gasteiger partial charge on any atom is -1.00 e. The van der Waals surface area contributed by atoms with E-state index in [0.29, 0.717) is 23.3 Å². The van der Waals surface area contributed by atoms with Crippen molar-refractivity contribution in [2.75, 3.05) is 30.1 Å². The van der Waals surface area contributed by atoms with E-state index in [1.54, 1.807) is 6.07 Å². The van der Waals surface area contributed by atoms with Gasteiger partial charge < -0.3 is 39.3 Å². The summed E-state index contributed by atoms with van der Waals surface area (Å²) in [6.07, 6.45) is 8.19. The predicted molar refractivity (Wildman–Crippen MR) is 159 cm³/mol. The van der Waals surface area contributed by atoms with Gasteiger partial charge in [-0.25, -0.2) is 13.0 Å². The van der Waals surface area contributed by atoms with Crippen LogP contribution >= 0.6 is 0 Å². The van der Waals surface area contributed by atoms with Gasteiger partial charge in [-0.2, -0.15) is 0 Å². The van der Waals surface area contributed by atoms with Crippen LogP contribution in [-0.4, -0.2) is 39.5 Å². The number of pyridine rings is 1. The van der Waals surface area contributed by atoms with Gasteiger partial charge in [0, 0.05) is 48.9 Å². The number of nitrogens with zero attached hydrogens (tertiary/aromatic N) is 2. The number of hydrogen-bond donors (Lipinski definition) is 2. The second-order valence-electron chi connectivity index (χ2n) is 11.4. The molecule has 8 heteroatoms. The molecule has 0 aliphatic carbocycles. The zero-order chi connectivity index (χ0) is 28.2. The molecule has 0 fully saturated rings. The van der Waals surface area contributed by atoms with Gasteiger partial charge in [0.15, 0.2) is 22.2 Å². The third-order valence-corrected chi connectivity index (χ3v) is 10.2. The van der Waals surface area contributed by atoms with Crippen LogP contribution in [-0.2, 0) is 16.9 Å². The average Bonchev–Trinajstić information content (AvgIpc) is 2.98. The van der Waals surface area contributed by atoms with E-state index in [9.17, 15) is 13.5 Å². The Hall–Kier alpha value is -2.17. The van der Waals surface area contributed by atoms with Gasteiger partial charge in [0.25, 0.3) is 0 Å². The zero-order valence-corrected chi connectivity index (χ0v) is 27.4. The number of nitrogens with one attached hydrogen (secondary N) is 1. The summed E-state index contributed by atoms with van der Waals surface area (Å²) in [5, 5.41) is 15.9. The van der Waals surface area contributed by atoms with Crippen LogP contribution in [0.1, 0.15) is 69.4 Å².